The number of hydrogen-bond donors (Lipinski definition) is 1. The third kappa shape index (κ3) is 3.15. The third-order valence-electron chi connectivity index (χ3n) is 3.86. The fourth-order valence-corrected chi connectivity index (χ4v) is 2.53. The highest BCUT2D eigenvalue weighted by molar-refractivity contribution is 5.49. The molecule has 0 aromatic heterocycles. The maximum Gasteiger partial charge on any atom is 0.165 e. The second-order valence-electron chi connectivity index (χ2n) is 5.93. The zero-order valence-electron chi connectivity index (χ0n) is 11.4. The average Bonchev–Trinajstić information content (AvgIpc) is 2.34. The van der Waals surface area contributed by atoms with E-state index in [0.717, 1.165) is 5.69 Å². The maximum atomic E-state index is 13.3. The van der Waals surface area contributed by atoms with Gasteiger partial charge in [0.2, 0.25) is 0 Å². The van der Waals surface area contributed by atoms with Crippen LogP contribution in [0.2, 0.25) is 0 Å². The van der Waals surface area contributed by atoms with Gasteiger partial charge in [0.15, 0.2) is 11.6 Å². The fourth-order valence-electron chi connectivity index (χ4n) is 2.53. The van der Waals surface area contributed by atoms with E-state index in [9.17, 15) is 4.39 Å². The quantitative estimate of drug-likeness (QED) is 0.868. The second kappa shape index (κ2) is 5.17. The number of ether oxygens (including phenoxy) is 1. The van der Waals surface area contributed by atoms with Crippen LogP contribution in [0.3, 0.4) is 0 Å². The molecular formula is C15H22FNO. The summed E-state index contributed by atoms with van der Waals surface area (Å²) in [5, 5.41) is 3.47. The fraction of sp³-hybridized carbons (Fsp3) is 0.600. The molecule has 0 radical (unpaired) electrons. The molecule has 0 bridgehead atoms. The van der Waals surface area contributed by atoms with Gasteiger partial charge in [0.1, 0.15) is 0 Å². The van der Waals surface area contributed by atoms with Crippen molar-refractivity contribution in [2.24, 2.45) is 5.41 Å². The molecule has 1 fully saturated rings. The van der Waals surface area contributed by atoms with Crippen LogP contribution in [-0.4, -0.2) is 13.2 Å². The first-order valence-corrected chi connectivity index (χ1v) is 6.60. The van der Waals surface area contributed by atoms with E-state index in [1.54, 1.807) is 12.1 Å². The smallest absolute Gasteiger partial charge is 0.165 e. The highest BCUT2D eigenvalue weighted by atomic mass is 19.1. The lowest BCUT2D eigenvalue weighted by Crippen LogP contribution is -2.29. The molecule has 0 spiro atoms. The first-order chi connectivity index (χ1) is 8.50. The van der Waals surface area contributed by atoms with Crippen molar-refractivity contribution >= 4 is 5.69 Å². The van der Waals surface area contributed by atoms with Crippen molar-refractivity contribution in [3.63, 3.8) is 0 Å². The van der Waals surface area contributed by atoms with Crippen molar-refractivity contribution in [2.75, 3.05) is 12.4 Å². The topological polar surface area (TPSA) is 21.3 Å². The summed E-state index contributed by atoms with van der Waals surface area (Å²) in [4.78, 5) is 0. The third-order valence-corrected chi connectivity index (χ3v) is 3.86. The van der Waals surface area contributed by atoms with Crippen LogP contribution >= 0.6 is 0 Å². The van der Waals surface area contributed by atoms with Crippen LogP contribution in [-0.2, 0) is 0 Å². The van der Waals surface area contributed by atoms with Crippen molar-refractivity contribution in [1.82, 2.24) is 0 Å². The van der Waals surface area contributed by atoms with Crippen molar-refractivity contribution < 1.29 is 9.13 Å². The lowest BCUT2D eigenvalue weighted by Gasteiger charge is -2.35. The standard InChI is InChI=1S/C15H22FNO/c1-15(2)8-6-11(7-9-15)17-12-4-5-13(16)14(10-12)18-3/h4-5,10-11,17H,6-9H2,1-3H3. The van der Waals surface area contributed by atoms with E-state index in [2.05, 4.69) is 19.2 Å². The van der Waals surface area contributed by atoms with Crippen LogP contribution in [0.1, 0.15) is 39.5 Å². The SMILES string of the molecule is COc1cc(NC2CCC(C)(C)CC2)ccc1F. The summed E-state index contributed by atoms with van der Waals surface area (Å²) in [5.74, 6) is -0.0102. The van der Waals surface area contributed by atoms with Gasteiger partial charge in [-0.15, -0.1) is 0 Å². The molecule has 18 heavy (non-hydrogen) atoms. The molecule has 1 aromatic rings. The number of nitrogens with one attached hydrogen (secondary N) is 1. The van der Waals surface area contributed by atoms with Crippen LogP contribution in [0.25, 0.3) is 0 Å². The summed E-state index contributed by atoms with van der Waals surface area (Å²) in [6.45, 7) is 4.65. The number of methoxy groups -OCH3 is 1. The molecule has 0 atom stereocenters. The molecule has 100 valence electrons. The predicted octanol–water partition coefficient (Wildman–Crippen LogP) is 4.22. The van der Waals surface area contributed by atoms with Crippen molar-refractivity contribution in [1.29, 1.82) is 0 Å². The second-order valence-corrected chi connectivity index (χ2v) is 5.93. The number of hydrogen-bond acceptors (Lipinski definition) is 2. The van der Waals surface area contributed by atoms with E-state index >= 15 is 0 Å². The van der Waals surface area contributed by atoms with Gasteiger partial charge in [-0.2, -0.15) is 0 Å². The van der Waals surface area contributed by atoms with Crippen molar-refractivity contribution in [2.45, 2.75) is 45.6 Å². The van der Waals surface area contributed by atoms with Gasteiger partial charge in [-0.05, 0) is 43.2 Å². The predicted molar refractivity (Wildman–Crippen MR) is 72.6 cm³/mol. The Morgan fingerprint density at radius 1 is 1.28 bits per heavy atom. The van der Waals surface area contributed by atoms with Gasteiger partial charge in [-0.1, -0.05) is 13.8 Å². The van der Waals surface area contributed by atoms with Crippen molar-refractivity contribution in [3.05, 3.63) is 24.0 Å². The maximum absolute atomic E-state index is 13.3. The summed E-state index contributed by atoms with van der Waals surface area (Å²) >= 11 is 0. The van der Waals surface area contributed by atoms with Crippen LogP contribution in [0.5, 0.6) is 5.75 Å². The minimum absolute atomic E-state index is 0.302. The summed E-state index contributed by atoms with van der Waals surface area (Å²) in [7, 11) is 1.49. The molecule has 1 aromatic carbocycles. The molecular weight excluding hydrogens is 229 g/mol. The van der Waals surface area contributed by atoms with Gasteiger partial charge in [0, 0.05) is 17.8 Å². The molecule has 0 unspecified atom stereocenters. The van der Waals surface area contributed by atoms with Crippen LogP contribution in [0.4, 0.5) is 10.1 Å². The minimum Gasteiger partial charge on any atom is -0.494 e. The molecule has 1 aliphatic rings. The highest BCUT2D eigenvalue weighted by Crippen LogP contribution is 2.36. The van der Waals surface area contributed by atoms with E-state index in [1.165, 1.54) is 38.9 Å². The number of benzene rings is 1. The lowest BCUT2D eigenvalue weighted by atomic mass is 9.75. The summed E-state index contributed by atoms with van der Waals surface area (Å²) in [5.41, 5.74) is 1.41. The largest absolute Gasteiger partial charge is 0.494 e. The normalized spacial score (nSPS) is 19.6. The number of rotatable bonds is 3. The average molecular weight is 251 g/mol. The van der Waals surface area contributed by atoms with Gasteiger partial charge in [0.25, 0.3) is 0 Å². The zero-order valence-corrected chi connectivity index (χ0v) is 11.4. The molecule has 0 saturated heterocycles. The molecule has 1 saturated carbocycles. The summed E-state index contributed by atoms with van der Waals surface area (Å²) < 4.78 is 18.3. The molecule has 2 rings (SSSR count). The van der Waals surface area contributed by atoms with Gasteiger partial charge >= 0.3 is 0 Å². The van der Waals surface area contributed by atoms with Crippen LogP contribution in [0.15, 0.2) is 18.2 Å². The Balaban J connectivity index is 1.98. The molecule has 0 heterocycles. The summed E-state index contributed by atoms with van der Waals surface area (Å²) in [6, 6.07) is 5.45. The van der Waals surface area contributed by atoms with E-state index < -0.39 is 0 Å². The van der Waals surface area contributed by atoms with Crippen LogP contribution in [0, 0.1) is 11.2 Å². The molecule has 1 aliphatic carbocycles. The van der Waals surface area contributed by atoms with Crippen molar-refractivity contribution in [3.8, 4) is 5.75 Å². The Hall–Kier alpha value is -1.25. The summed E-state index contributed by atoms with van der Waals surface area (Å²) in [6.07, 6.45) is 4.82. The van der Waals surface area contributed by atoms with Gasteiger partial charge in [0.05, 0.1) is 7.11 Å². The van der Waals surface area contributed by atoms with E-state index in [1.807, 2.05) is 0 Å². The Kier molecular flexibility index (Phi) is 3.79. The monoisotopic (exact) mass is 251 g/mol. The minimum atomic E-state index is -0.312. The van der Waals surface area contributed by atoms with Gasteiger partial charge in [-0.25, -0.2) is 4.39 Å². The Bertz CT molecular complexity index is 407. The molecule has 3 heteroatoms. The van der Waals surface area contributed by atoms with E-state index in [0.29, 0.717) is 17.2 Å². The molecule has 2 nitrogen and oxygen atoms in total. The first kappa shape index (κ1) is 13.2. The Morgan fingerprint density at radius 3 is 2.56 bits per heavy atom. The van der Waals surface area contributed by atoms with E-state index in [4.69, 9.17) is 4.74 Å². The highest BCUT2D eigenvalue weighted by Gasteiger charge is 2.26. The van der Waals surface area contributed by atoms with E-state index in [-0.39, 0.29) is 5.82 Å². The Labute approximate surface area is 109 Å². The molecule has 1 N–H and O–H groups in total. The molecule has 0 amide bonds. The lowest BCUT2D eigenvalue weighted by molar-refractivity contribution is 0.232. The van der Waals surface area contributed by atoms with Gasteiger partial charge in [-0.3, -0.25) is 0 Å². The number of anilines is 1. The zero-order chi connectivity index (χ0) is 13.2. The van der Waals surface area contributed by atoms with Gasteiger partial charge < -0.3 is 10.1 Å². The first-order valence-electron chi connectivity index (χ1n) is 6.60. The Morgan fingerprint density at radius 2 is 1.94 bits per heavy atom. The van der Waals surface area contributed by atoms with Crippen LogP contribution < -0.4 is 10.1 Å². The number of halogens is 1. The molecule has 0 aliphatic heterocycles.